The minimum Gasteiger partial charge on any atom is -0.497 e. The van der Waals surface area contributed by atoms with E-state index in [1.165, 1.54) is 0 Å². The fourth-order valence-corrected chi connectivity index (χ4v) is 2.20. The van der Waals surface area contributed by atoms with Crippen molar-refractivity contribution in [3.8, 4) is 5.75 Å². The molecule has 0 unspecified atom stereocenters. The van der Waals surface area contributed by atoms with E-state index in [4.69, 9.17) is 4.74 Å². The monoisotopic (exact) mass is 320 g/mol. The van der Waals surface area contributed by atoms with Crippen LogP contribution in [0, 0.1) is 5.92 Å². The number of hydrogen-bond acceptors (Lipinski definition) is 3. The highest BCUT2D eigenvalue weighted by Crippen LogP contribution is 2.19. The molecule has 0 saturated carbocycles. The molecule has 1 aliphatic heterocycles. The van der Waals surface area contributed by atoms with Crippen molar-refractivity contribution in [2.45, 2.75) is 40.2 Å². The molecule has 4 heteroatoms. The Balaban J connectivity index is 0.000000868. The summed E-state index contributed by atoms with van der Waals surface area (Å²) < 4.78 is 5.19. The zero-order chi connectivity index (χ0) is 17.7. The van der Waals surface area contributed by atoms with Gasteiger partial charge in [0.2, 0.25) is 5.91 Å². The van der Waals surface area contributed by atoms with E-state index in [0.29, 0.717) is 0 Å². The van der Waals surface area contributed by atoms with Gasteiger partial charge in [-0.15, -0.1) is 6.58 Å². The number of methoxy groups -OCH3 is 1. The number of carbonyl (C=O) groups is 1. The second kappa shape index (κ2) is 12.7. The second-order valence-corrected chi connectivity index (χ2v) is 5.10. The maximum atomic E-state index is 12.0. The first kappa shape index (κ1) is 21.2. The highest BCUT2D eigenvalue weighted by molar-refractivity contribution is 5.79. The normalized spacial score (nSPS) is 16.8. The Hall–Kier alpha value is -1.81. The summed E-state index contributed by atoms with van der Waals surface area (Å²) in [7, 11) is 1.65. The van der Waals surface area contributed by atoms with Crippen molar-refractivity contribution in [2.75, 3.05) is 20.2 Å². The third-order valence-corrected chi connectivity index (χ3v) is 3.38. The minimum atomic E-state index is 0.00759. The summed E-state index contributed by atoms with van der Waals surface area (Å²) in [5.74, 6) is 1.06. The van der Waals surface area contributed by atoms with Crippen molar-refractivity contribution in [1.82, 2.24) is 10.6 Å². The lowest BCUT2D eigenvalue weighted by Gasteiger charge is -2.17. The van der Waals surface area contributed by atoms with Gasteiger partial charge in [0, 0.05) is 6.54 Å². The number of allylic oxidation sites excluding steroid dienone is 1. The molecule has 2 rings (SSSR count). The van der Waals surface area contributed by atoms with Crippen molar-refractivity contribution in [2.24, 2.45) is 5.92 Å². The van der Waals surface area contributed by atoms with Gasteiger partial charge in [-0.1, -0.05) is 32.1 Å². The van der Waals surface area contributed by atoms with Crippen LogP contribution in [0.4, 0.5) is 0 Å². The van der Waals surface area contributed by atoms with E-state index in [-0.39, 0.29) is 17.9 Å². The first-order valence-electron chi connectivity index (χ1n) is 8.34. The molecule has 1 aromatic carbocycles. The number of benzene rings is 1. The van der Waals surface area contributed by atoms with E-state index in [0.717, 1.165) is 30.8 Å². The summed E-state index contributed by atoms with van der Waals surface area (Å²) in [6.45, 7) is 13.0. The van der Waals surface area contributed by atoms with E-state index in [1.807, 2.05) is 52.0 Å². The van der Waals surface area contributed by atoms with Gasteiger partial charge in [-0.2, -0.15) is 0 Å². The number of nitrogens with one attached hydrogen (secondary N) is 2. The van der Waals surface area contributed by atoms with Gasteiger partial charge in [0.1, 0.15) is 5.75 Å². The van der Waals surface area contributed by atoms with E-state index < -0.39 is 0 Å². The number of amides is 1. The van der Waals surface area contributed by atoms with Crippen LogP contribution >= 0.6 is 0 Å². The van der Waals surface area contributed by atoms with Gasteiger partial charge in [-0.25, -0.2) is 0 Å². The minimum absolute atomic E-state index is 0.00759. The van der Waals surface area contributed by atoms with Crippen LogP contribution in [0.25, 0.3) is 0 Å². The Morgan fingerprint density at radius 2 is 2.13 bits per heavy atom. The fraction of sp³-hybridized carbons (Fsp3) is 0.526. The number of ether oxygens (including phenoxy) is 1. The molecular weight excluding hydrogens is 288 g/mol. The molecule has 1 saturated heterocycles. The van der Waals surface area contributed by atoms with Crippen LogP contribution in [0.15, 0.2) is 36.9 Å². The van der Waals surface area contributed by atoms with Gasteiger partial charge in [0.05, 0.1) is 19.1 Å². The Kier molecular flexibility index (Phi) is 11.7. The molecule has 0 aromatic heterocycles. The number of rotatable bonds is 4. The molecule has 0 radical (unpaired) electrons. The standard InChI is InChI=1S/C14H20N2O2.C3H6.C2H6/c1-10(11-4-3-5-13(8-11)18-2)16-14(17)12-6-7-15-9-12;1-3-2;1-2/h3-5,8,10,12,15H,6-7,9H2,1-2H3,(H,16,17);3H,1H2,2H3;1-2H3/t10-,12-;;/m0../s1. The van der Waals surface area contributed by atoms with Gasteiger partial charge < -0.3 is 15.4 Å². The Bertz CT molecular complexity index is 454. The third-order valence-electron chi connectivity index (χ3n) is 3.38. The smallest absolute Gasteiger partial charge is 0.224 e. The molecule has 2 N–H and O–H groups in total. The molecule has 0 spiro atoms. The lowest BCUT2D eigenvalue weighted by atomic mass is 10.0. The molecular formula is C19H32N2O2. The number of hydrogen-bond donors (Lipinski definition) is 2. The van der Waals surface area contributed by atoms with Crippen LogP contribution in [0.5, 0.6) is 5.75 Å². The average molecular weight is 320 g/mol. The third kappa shape index (κ3) is 7.84. The molecule has 1 aliphatic rings. The first-order valence-corrected chi connectivity index (χ1v) is 8.34. The maximum absolute atomic E-state index is 12.0. The Morgan fingerprint density at radius 1 is 1.48 bits per heavy atom. The molecule has 130 valence electrons. The lowest BCUT2D eigenvalue weighted by Crippen LogP contribution is -2.33. The molecule has 1 aromatic rings. The van der Waals surface area contributed by atoms with Crippen molar-refractivity contribution < 1.29 is 9.53 Å². The van der Waals surface area contributed by atoms with Gasteiger partial charge in [-0.05, 0) is 44.5 Å². The van der Waals surface area contributed by atoms with Crippen LogP contribution < -0.4 is 15.4 Å². The summed E-state index contributed by atoms with van der Waals surface area (Å²) in [4.78, 5) is 12.0. The van der Waals surface area contributed by atoms with Crippen LogP contribution in [-0.4, -0.2) is 26.1 Å². The summed E-state index contributed by atoms with van der Waals surface area (Å²) >= 11 is 0. The fourth-order valence-electron chi connectivity index (χ4n) is 2.20. The zero-order valence-corrected chi connectivity index (χ0v) is 15.2. The number of carbonyl (C=O) groups excluding carboxylic acids is 1. The van der Waals surface area contributed by atoms with Crippen LogP contribution in [0.3, 0.4) is 0 Å². The van der Waals surface area contributed by atoms with Crippen molar-refractivity contribution >= 4 is 5.91 Å². The predicted molar refractivity (Wildman–Crippen MR) is 97.7 cm³/mol. The molecule has 0 aliphatic carbocycles. The van der Waals surface area contributed by atoms with E-state index in [1.54, 1.807) is 13.2 Å². The van der Waals surface area contributed by atoms with Gasteiger partial charge in [0.15, 0.2) is 0 Å². The second-order valence-electron chi connectivity index (χ2n) is 5.10. The highest BCUT2D eigenvalue weighted by Gasteiger charge is 2.23. The lowest BCUT2D eigenvalue weighted by molar-refractivity contribution is -0.125. The molecule has 1 heterocycles. The van der Waals surface area contributed by atoms with Crippen LogP contribution in [0.2, 0.25) is 0 Å². The Labute approximate surface area is 141 Å². The maximum Gasteiger partial charge on any atom is 0.224 e. The summed E-state index contributed by atoms with van der Waals surface area (Å²) in [6, 6.07) is 7.80. The van der Waals surface area contributed by atoms with E-state index in [9.17, 15) is 4.79 Å². The first-order chi connectivity index (χ1) is 11.1. The molecule has 1 amide bonds. The van der Waals surface area contributed by atoms with Crippen LogP contribution in [0.1, 0.15) is 45.7 Å². The summed E-state index contributed by atoms with van der Waals surface area (Å²) in [6.07, 6.45) is 2.68. The molecule has 4 nitrogen and oxygen atoms in total. The molecule has 1 fully saturated rings. The van der Waals surface area contributed by atoms with Crippen LogP contribution in [-0.2, 0) is 4.79 Å². The summed E-state index contributed by atoms with van der Waals surface area (Å²) in [5.41, 5.74) is 1.06. The topological polar surface area (TPSA) is 50.4 Å². The molecule has 0 bridgehead atoms. The largest absolute Gasteiger partial charge is 0.497 e. The Morgan fingerprint density at radius 3 is 2.65 bits per heavy atom. The van der Waals surface area contributed by atoms with E-state index in [2.05, 4.69) is 17.2 Å². The van der Waals surface area contributed by atoms with Crippen molar-refractivity contribution in [1.29, 1.82) is 0 Å². The molecule has 23 heavy (non-hydrogen) atoms. The van der Waals surface area contributed by atoms with Gasteiger partial charge in [0.25, 0.3) is 0 Å². The zero-order valence-electron chi connectivity index (χ0n) is 15.2. The van der Waals surface area contributed by atoms with Crippen molar-refractivity contribution in [3.05, 3.63) is 42.5 Å². The highest BCUT2D eigenvalue weighted by atomic mass is 16.5. The summed E-state index contributed by atoms with van der Waals surface area (Å²) in [5, 5.41) is 6.26. The quantitative estimate of drug-likeness (QED) is 0.832. The van der Waals surface area contributed by atoms with E-state index >= 15 is 0 Å². The van der Waals surface area contributed by atoms with Gasteiger partial charge in [-0.3, -0.25) is 4.79 Å². The average Bonchev–Trinajstić information content (AvgIpc) is 3.12. The molecule has 2 atom stereocenters. The SMILES string of the molecule is C=CC.CC.COc1cccc([C@H](C)NC(=O)[C@H]2CCNC2)c1. The van der Waals surface area contributed by atoms with Crippen molar-refractivity contribution in [3.63, 3.8) is 0 Å². The predicted octanol–water partition coefficient (Wildman–Crippen LogP) is 3.70. The van der Waals surface area contributed by atoms with Gasteiger partial charge >= 0.3 is 0 Å².